The van der Waals surface area contributed by atoms with Gasteiger partial charge in [-0.15, -0.1) is 23.2 Å². The summed E-state index contributed by atoms with van der Waals surface area (Å²) < 4.78 is 0. The molecule has 0 bridgehead atoms. The molecule has 4 heteroatoms. The van der Waals surface area contributed by atoms with Crippen molar-refractivity contribution in [2.24, 2.45) is 0 Å². The Morgan fingerprint density at radius 1 is 1.57 bits per heavy atom. The first-order valence-electron chi connectivity index (χ1n) is 1.59. The average Bonchev–Trinajstić information content (AvgIpc) is 1.27. The molecular formula is C3H3Cl3O. The van der Waals surface area contributed by atoms with Crippen molar-refractivity contribution in [2.75, 3.05) is 0 Å². The van der Waals surface area contributed by atoms with Gasteiger partial charge in [-0.1, -0.05) is 0 Å². The topological polar surface area (TPSA) is 17.1 Å². The van der Waals surface area contributed by atoms with Gasteiger partial charge in [0.15, 0.2) is 0 Å². The lowest BCUT2D eigenvalue weighted by molar-refractivity contribution is -0.111. The number of rotatable bonds is 2. The average molecular weight is 161 g/mol. The van der Waals surface area contributed by atoms with E-state index in [1.165, 1.54) is 0 Å². The normalized spacial score (nSPS) is 9.71. The first kappa shape index (κ1) is 7.54. The highest BCUT2D eigenvalue weighted by Crippen LogP contribution is 2.07. The molecule has 0 aromatic carbocycles. The molecule has 0 heterocycles. The highest BCUT2D eigenvalue weighted by Gasteiger charge is 2.02. The molecular weight excluding hydrogens is 158 g/mol. The van der Waals surface area contributed by atoms with Crippen LogP contribution in [0.5, 0.6) is 0 Å². The van der Waals surface area contributed by atoms with Crippen LogP contribution in [0, 0.1) is 0 Å². The van der Waals surface area contributed by atoms with Crippen LogP contribution in [-0.2, 0) is 4.79 Å². The first-order valence-corrected chi connectivity index (χ1v) is 2.84. The van der Waals surface area contributed by atoms with E-state index in [9.17, 15) is 4.79 Å². The molecule has 0 atom stereocenters. The molecule has 0 N–H and O–H groups in total. The molecule has 0 spiro atoms. The number of carbonyl (C=O) groups excluding carboxylic acids is 1. The Bertz CT molecular complexity index is 70.6. The van der Waals surface area contributed by atoms with Crippen LogP contribution in [0.4, 0.5) is 0 Å². The van der Waals surface area contributed by atoms with Crippen molar-refractivity contribution in [3.8, 4) is 0 Å². The molecule has 0 saturated carbocycles. The van der Waals surface area contributed by atoms with E-state index < -0.39 is 10.1 Å². The largest absolute Gasteiger partial charge is 0.281 e. The van der Waals surface area contributed by atoms with Crippen molar-refractivity contribution in [1.29, 1.82) is 0 Å². The van der Waals surface area contributed by atoms with Gasteiger partial charge in [0.2, 0.25) is 5.24 Å². The Morgan fingerprint density at radius 3 is 2.00 bits per heavy atom. The zero-order chi connectivity index (χ0) is 5.86. The highest BCUT2D eigenvalue weighted by molar-refractivity contribution is 6.64. The van der Waals surface area contributed by atoms with Gasteiger partial charge in [-0.25, -0.2) is 0 Å². The van der Waals surface area contributed by atoms with Gasteiger partial charge < -0.3 is 0 Å². The molecule has 0 saturated heterocycles. The third kappa shape index (κ3) is 6.54. The maximum absolute atomic E-state index is 9.85. The monoisotopic (exact) mass is 160 g/mol. The molecule has 1 nitrogen and oxygen atoms in total. The molecule has 0 aromatic heterocycles. The first-order chi connectivity index (χ1) is 3.13. The lowest BCUT2D eigenvalue weighted by Gasteiger charge is -1.88. The predicted molar refractivity (Wildman–Crippen MR) is 31.0 cm³/mol. The van der Waals surface area contributed by atoms with E-state index in [0.717, 1.165) is 0 Å². The molecule has 0 fully saturated rings. The van der Waals surface area contributed by atoms with Crippen molar-refractivity contribution >= 4 is 40.0 Å². The van der Waals surface area contributed by atoms with Crippen LogP contribution in [0.25, 0.3) is 0 Å². The smallest absolute Gasteiger partial charge is 0.224 e. The molecule has 0 rings (SSSR count). The number of hydrogen-bond acceptors (Lipinski definition) is 1. The second kappa shape index (κ2) is 3.53. The second-order valence-corrected chi connectivity index (χ2v) is 2.65. The molecule has 0 aliphatic heterocycles. The SMILES string of the molecule is O=C(Cl)CC(Cl)Cl. The molecule has 0 aliphatic carbocycles. The summed E-state index contributed by atoms with van der Waals surface area (Å²) in [5.41, 5.74) is 0. The quantitative estimate of drug-likeness (QED) is 0.447. The molecule has 0 aromatic rings. The van der Waals surface area contributed by atoms with Crippen LogP contribution < -0.4 is 0 Å². The fourth-order valence-electron chi connectivity index (χ4n) is 0.121. The molecule has 42 valence electrons. The third-order valence-corrected chi connectivity index (χ3v) is 0.778. The summed E-state index contributed by atoms with van der Waals surface area (Å²) in [6.45, 7) is 0. The summed E-state index contributed by atoms with van der Waals surface area (Å²) in [7, 11) is 0. The van der Waals surface area contributed by atoms with Crippen LogP contribution in [-0.4, -0.2) is 10.1 Å². The van der Waals surface area contributed by atoms with E-state index in [0.29, 0.717) is 0 Å². The Hall–Kier alpha value is 0.540. The third-order valence-electron chi connectivity index (χ3n) is 0.315. The van der Waals surface area contributed by atoms with Crippen LogP contribution >= 0.6 is 34.8 Å². The maximum Gasteiger partial charge on any atom is 0.224 e. The number of hydrogen-bond donors (Lipinski definition) is 0. The summed E-state index contributed by atoms with van der Waals surface area (Å²) in [4.78, 5) is 9.19. The fourth-order valence-corrected chi connectivity index (χ4v) is 0.714. The van der Waals surface area contributed by atoms with Gasteiger partial charge in [-0.05, 0) is 11.6 Å². The van der Waals surface area contributed by atoms with Crippen molar-refractivity contribution in [3.63, 3.8) is 0 Å². The number of carbonyl (C=O) groups is 1. The molecule has 0 unspecified atom stereocenters. The zero-order valence-corrected chi connectivity index (χ0v) is 5.59. The van der Waals surface area contributed by atoms with Gasteiger partial charge in [0.1, 0.15) is 4.84 Å². The van der Waals surface area contributed by atoms with E-state index in [2.05, 4.69) is 0 Å². The van der Waals surface area contributed by atoms with Crippen LogP contribution in [0.2, 0.25) is 0 Å². The Labute approximate surface area is 56.5 Å². The zero-order valence-electron chi connectivity index (χ0n) is 3.33. The Morgan fingerprint density at radius 2 is 2.00 bits per heavy atom. The van der Waals surface area contributed by atoms with Gasteiger partial charge in [0, 0.05) is 0 Å². The van der Waals surface area contributed by atoms with Gasteiger partial charge in [-0.3, -0.25) is 4.79 Å². The van der Waals surface area contributed by atoms with Crippen molar-refractivity contribution in [3.05, 3.63) is 0 Å². The van der Waals surface area contributed by atoms with E-state index in [-0.39, 0.29) is 6.42 Å². The molecule has 7 heavy (non-hydrogen) atoms. The molecule has 0 aliphatic rings. The standard InChI is InChI=1S/C3H3Cl3O/c4-2(5)1-3(6)7/h2H,1H2. The van der Waals surface area contributed by atoms with Gasteiger partial charge >= 0.3 is 0 Å². The predicted octanol–water partition coefficient (Wildman–Crippen LogP) is 1.95. The lowest BCUT2D eigenvalue weighted by atomic mass is 10.5. The summed E-state index contributed by atoms with van der Waals surface area (Å²) in [5, 5.41) is -0.505. The summed E-state index contributed by atoms with van der Waals surface area (Å²) >= 11 is 15.1. The summed E-state index contributed by atoms with van der Waals surface area (Å²) in [5.74, 6) is 0. The van der Waals surface area contributed by atoms with Gasteiger partial charge in [0.05, 0.1) is 6.42 Å². The number of alkyl halides is 2. The molecule has 0 radical (unpaired) electrons. The van der Waals surface area contributed by atoms with E-state index in [4.69, 9.17) is 34.8 Å². The fraction of sp³-hybridized carbons (Fsp3) is 0.667. The van der Waals surface area contributed by atoms with Gasteiger partial charge in [0.25, 0.3) is 0 Å². The van der Waals surface area contributed by atoms with Crippen LogP contribution in [0.3, 0.4) is 0 Å². The summed E-state index contributed by atoms with van der Waals surface area (Å²) in [6, 6.07) is 0. The minimum atomic E-state index is -0.662. The second-order valence-electron chi connectivity index (χ2n) is 0.950. The van der Waals surface area contributed by atoms with Crippen molar-refractivity contribution < 1.29 is 4.79 Å². The van der Waals surface area contributed by atoms with E-state index in [1.807, 2.05) is 0 Å². The Kier molecular flexibility index (Phi) is 3.80. The molecule has 0 amide bonds. The van der Waals surface area contributed by atoms with E-state index >= 15 is 0 Å². The number of halogens is 3. The van der Waals surface area contributed by atoms with Crippen LogP contribution in [0.1, 0.15) is 6.42 Å². The van der Waals surface area contributed by atoms with Crippen molar-refractivity contribution in [1.82, 2.24) is 0 Å². The van der Waals surface area contributed by atoms with Crippen LogP contribution in [0.15, 0.2) is 0 Å². The minimum Gasteiger partial charge on any atom is -0.281 e. The highest BCUT2D eigenvalue weighted by atomic mass is 35.5. The maximum atomic E-state index is 9.85. The van der Waals surface area contributed by atoms with Crippen molar-refractivity contribution in [2.45, 2.75) is 11.3 Å². The minimum absolute atomic E-state index is 0.0185. The lowest BCUT2D eigenvalue weighted by Crippen LogP contribution is -1.92. The summed E-state index contributed by atoms with van der Waals surface area (Å²) in [6.07, 6.45) is 0.0185. The van der Waals surface area contributed by atoms with E-state index in [1.54, 1.807) is 0 Å². The van der Waals surface area contributed by atoms with Gasteiger partial charge in [-0.2, -0.15) is 0 Å². The Balaban J connectivity index is 3.13.